The Morgan fingerprint density at radius 3 is 2.17 bits per heavy atom. The molecule has 5 heteroatoms. The number of rotatable bonds is 6. The van der Waals surface area contributed by atoms with Gasteiger partial charge >= 0.3 is 0 Å². The minimum Gasteiger partial charge on any atom is -0.394 e. The first-order valence-corrected chi connectivity index (χ1v) is 7.37. The second-order valence-corrected chi connectivity index (χ2v) is 5.24. The van der Waals surface area contributed by atoms with Crippen LogP contribution in [0.5, 0.6) is 0 Å². The Balaban J connectivity index is 1.94. The second-order valence-electron chi connectivity index (χ2n) is 5.24. The second kappa shape index (κ2) is 8.10. The first kappa shape index (κ1) is 16.7. The molecule has 0 spiro atoms. The van der Waals surface area contributed by atoms with Crippen molar-refractivity contribution in [3.05, 3.63) is 71.8 Å². The van der Waals surface area contributed by atoms with Crippen molar-refractivity contribution in [2.24, 2.45) is 0 Å². The van der Waals surface area contributed by atoms with Crippen LogP contribution in [0.15, 0.2) is 60.7 Å². The molecule has 0 aromatic heterocycles. The Morgan fingerprint density at radius 1 is 1.04 bits per heavy atom. The summed E-state index contributed by atoms with van der Waals surface area (Å²) in [6, 6.07) is 17.5. The Kier molecular flexibility index (Phi) is 5.88. The van der Waals surface area contributed by atoms with E-state index < -0.39 is 6.04 Å². The molecule has 0 radical (unpaired) electrons. The summed E-state index contributed by atoms with van der Waals surface area (Å²) >= 11 is 0. The average molecular weight is 312 g/mol. The van der Waals surface area contributed by atoms with Crippen LogP contribution in [0, 0.1) is 0 Å². The lowest BCUT2D eigenvalue weighted by Gasteiger charge is -2.20. The number of likely N-dealkylation sites (N-methyl/N-ethyl adjacent to an activating group) is 1. The van der Waals surface area contributed by atoms with Crippen LogP contribution in [0.1, 0.15) is 22.0 Å². The summed E-state index contributed by atoms with van der Waals surface area (Å²) in [6.07, 6.45) is 0. The van der Waals surface area contributed by atoms with Crippen LogP contribution in [0.4, 0.5) is 0 Å². The third-order valence-corrected chi connectivity index (χ3v) is 3.47. The zero-order valence-corrected chi connectivity index (χ0v) is 13.0. The minimum atomic E-state index is -0.482. The van der Waals surface area contributed by atoms with Gasteiger partial charge in [-0.05, 0) is 17.7 Å². The molecular formula is C18H20N2O3. The largest absolute Gasteiger partial charge is 0.394 e. The number of hydrogen-bond acceptors (Lipinski definition) is 3. The van der Waals surface area contributed by atoms with E-state index in [9.17, 15) is 14.7 Å². The van der Waals surface area contributed by atoms with Gasteiger partial charge in [0.05, 0.1) is 19.2 Å². The van der Waals surface area contributed by atoms with Gasteiger partial charge in [0.15, 0.2) is 0 Å². The van der Waals surface area contributed by atoms with E-state index in [1.165, 1.54) is 4.90 Å². The topological polar surface area (TPSA) is 69.6 Å². The highest BCUT2D eigenvalue weighted by Crippen LogP contribution is 2.11. The zero-order chi connectivity index (χ0) is 16.7. The van der Waals surface area contributed by atoms with Gasteiger partial charge in [0.25, 0.3) is 5.91 Å². The third-order valence-electron chi connectivity index (χ3n) is 3.47. The lowest BCUT2D eigenvalue weighted by Crippen LogP contribution is -2.40. The van der Waals surface area contributed by atoms with Gasteiger partial charge in [0.2, 0.25) is 5.91 Å². The average Bonchev–Trinajstić information content (AvgIpc) is 2.60. The molecule has 0 fully saturated rings. The summed E-state index contributed by atoms with van der Waals surface area (Å²) in [6.45, 7) is -0.275. The summed E-state index contributed by atoms with van der Waals surface area (Å²) in [5.41, 5.74) is 1.35. The fourth-order valence-corrected chi connectivity index (χ4v) is 2.25. The maximum atomic E-state index is 12.2. The predicted molar refractivity (Wildman–Crippen MR) is 87.8 cm³/mol. The molecule has 2 amide bonds. The summed E-state index contributed by atoms with van der Waals surface area (Å²) in [5, 5.41) is 12.2. The van der Waals surface area contributed by atoms with E-state index in [-0.39, 0.29) is 25.0 Å². The fraction of sp³-hybridized carbons (Fsp3) is 0.222. The first-order chi connectivity index (χ1) is 11.1. The molecule has 1 unspecified atom stereocenters. The summed E-state index contributed by atoms with van der Waals surface area (Å²) in [7, 11) is 1.57. The number of carbonyl (C=O) groups excluding carboxylic acids is 2. The van der Waals surface area contributed by atoms with Gasteiger partial charge < -0.3 is 15.3 Å². The van der Waals surface area contributed by atoms with Gasteiger partial charge in [-0.2, -0.15) is 0 Å². The van der Waals surface area contributed by atoms with Crippen molar-refractivity contribution in [3.8, 4) is 0 Å². The number of aliphatic hydroxyl groups excluding tert-OH is 1. The standard InChI is InChI=1S/C18H20N2O3/c1-20(18(23)15-10-6-3-7-11-15)12-17(22)19-16(13-21)14-8-4-2-5-9-14/h2-11,16,21H,12-13H2,1H3,(H,19,22). The highest BCUT2D eigenvalue weighted by Gasteiger charge is 2.18. The van der Waals surface area contributed by atoms with E-state index >= 15 is 0 Å². The summed E-state index contributed by atoms with van der Waals surface area (Å²) in [5.74, 6) is -0.541. The van der Waals surface area contributed by atoms with Crippen LogP contribution >= 0.6 is 0 Å². The van der Waals surface area contributed by atoms with Gasteiger partial charge in [-0.25, -0.2) is 0 Å². The van der Waals surface area contributed by atoms with E-state index in [0.717, 1.165) is 5.56 Å². The maximum Gasteiger partial charge on any atom is 0.254 e. The number of nitrogens with one attached hydrogen (secondary N) is 1. The van der Waals surface area contributed by atoms with Crippen LogP contribution in [0.25, 0.3) is 0 Å². The van der Waals surface area contributed by atoms with Gasteiger partial charge in [0, 0.05) is 12.6 Å². The van der Waals surface area contributed by atoms with Crippen molar-refractivity contribution in [3.63, 3.8) is 0 Å². The van der Waals surface area contributed by atoms with Crippen LogP contribution in [-0.2, 0) is 4.79 Å². The molecule has 2 rings (SSSR count). The molecule has 2 aromatic carbocycles. The molecule has 120 valence electrons. The van der Waals surface area contributed by atoms with E-state index in [1.54, 1.807) is 31.3 Å². The van der Waals surface area contributed by atoms with Gasteiger partial charge in [-0.3, -0.25) is 9.59 Å². The van der Waals surface area contributed by atoms with E-state index in [1.807, 2.05) is 36.4 Å². The van der Waals surface area contributed by atoms with Gasteiger partial charge in [-0.1, -0.05) is 48.5 Å². The zero-order valence-electron chi connectivity index (χ0n) is 13.0. The molecule has 0 aliphatic heterocycles. The monoisotopic (exact) mass is 312 g/mol. The molecule has 5 nitrogen and oxygen atoms in total. The molecular weight excluding hydrogens is 292 g/mol. The molecule has 0 saturated heterocycles. The molecule has 0 aliphatic rings. The Labute approximate surface area is 135 Å². The number of aliphatic hydroxyl groups is 1. The fourth-order valence-electron chi connectivity index (χ4n) is 2.25. The Bertz CT molecular complexity index is 644. The van der Waals surface area contributed by atoms with Crippen LogP contribution in [0.3, 0.4) is 0 Å². The minimum absolute atomic E-state index is 0.0724. The molecule has 2 N–H and O–H groups in total. The van der Waals surface area contributed by atoms with Crippen molar-refractivity contribution in [2.75, 3.05) is 20.2 Å². The number of nitrogens with zero attached hydrogens (tertiary/aromatic N) is 1. The van der Waals surface area contributed by atoms with Crippen molar-refractivity contribution in [1.82, 2.24) is 10.2 Å². The predicted octanol–water partition coefficient (Wildman–Crippen LogP) is 1.61. The SMILES string of the molecule is CN(CC(=O)NC(CO)c1ccccc1)C(=O)c1ccccc1. The molecule has 0 bridgehead atoms. The molecule has 0 heterocycles. The van der Waals surface area contributed by atoms with E-state index in [4.69, 9.17) is 0 Å². The quantitative estimate of drug-likeness (QED) is 0.851. The summed E-state index contributed by atoms with van der Waals surface area (Å²) in [4.78, 5) is 25.7. The third kappa shape index (κ3) is 4.66. The van der Waals surface area contributed by atoms with Crippen LogP contribution < -0.4 is 5.32 Å². The van der Waals surface area contributed by atoms with Crippen LogP contribution in [0.2, 0.25) is 0 Å². The number of benzene rings is 2. The molecule has 2 aromatic rings. The summed E-state index contributed by atoms with van der Waals surface area (Å²) < 4.78 is 0. The highest BCUT2D eigenvalue weighted by molar-refractivity contribution is 5.96. The molecule has 23 heavy (non-hydrogen) atoms. The van der Waals surface area contributed by atoms with Crippen molar-refractivity contribution >= 4 is 11.8 Å². The number of amides is 2. The van der Waals surface area contributed by atoms with E-state index in [2.05, 4.69) is 5.32 Å². The first-order valence-electron chi connectivity index (χ1n) is 7.37. The molecule has 0 saturated carbocycles. The van der Waals surface area contributed by atoms with Gasteiger partial charge in [-0.15, -0.1) is 0 Å². The van der Waals surface area contributed by atoms with Crippen molar-refractivity contribution in [2.45, 2.75) is 6.04 Å². The number of hydrogen-bond donors (Lipinski definition) is 2. The Hall–Kier alpha value is -2.66. The lowest BCUT2D eigenvalue weighted by molar-refractivity contribution is -0.122. The maximum absolute atomic E-state index is 12.2. The number of carbonyl (C=O) groups is 2. The van der Waals surface area contributed by atoms with E-state index in [0.29, 0.717) is 5.56 Å². The lowest BCUT2D eigenvalue weighted by atomic mass is 10.1. The Morgan fingerprint density at radius 2 is 1.61 bits per heavy atom. The van der Waals surface area contributed by atoms with Gasteiger partial charge in [0.1, 0.15) is 0 Å². The van der Waals surface area contributed by atoms with Crippen molar-refractivity contribution < 1.29 is 14.7 Å². The smallest absolute Gasteiger partial charge is 0.254 e. The van der Waals surface area contributed by atoms with Crippen molar-refractivity contribution in [1.29, 1.82) is 0 Å². The highest BCUT2D eigenvalue weighted by atomic mass is 16.3. The molecule has 1 atom stereocenters. The normalized spacial score (nSPS) is 11.6. The van der Waals surface area contributed by atoms with Crippen LogP contribution in [-0.4, -0.2) is 42.0 Å². The molecule has 0 aliphatic carbocycles.